The molecule has 0 fully saturated rings. The summed E-state index contributed by atoms with van der Waals surface area (Å²) in [5.41, 5.74) is 2.65. The van der Waals surface area contributed by atoms with Gasteiger partial charge >= 0.3 is 5.97 Å². The van der Waals surface area contributed by atoms with Gasteiger partial charge in [-0.15, -0.1) is 0 Å². The molecule has 0 bridgehead atoms. The first-order valence-electron chi connectivity index (χ1n) is 4.80. The molecule has 6 heteroatoms. The van der Waals surface area contributed by atoms with Gasteiger partial charge in [-0.1, -0.05) is 11.2 Å². The number of nitrogens with one attached hydrogen (secondary N) is 1. The molecule has 0 saturated carbocycles. The van der Waals surface area contributed by atoms with E-state index in [1.165, 1.54) is 12.3 Å². The Labute approximate surface area is 102 Å². The summed E-state index contributed by atoms with van der Waals surface area (Å²) in [6.07, 6.45) is 1.47. The van der Waals surface area contributed by atoms with E-state index in [-0.39, 0.29) is 5.56 Å². The second-order valence-corrected chi connectivity index (χ2v) is 3.67. The standard InChI is InChI=1S/C11H9ClN2O3/c1-6-9(5-13-17-12)8-3-2-7(11(15)16)4-10(8)14-6/h2-5,14H,1H3,(H,15,16). The zero-order valence-electron chi connectivity index (χ0n) is 8.90. The molecule has 1 aromatic carbocycles. The number of hydrogen-bond donors (Lipinski definition) is 2. The van der Waals surface area contributed by atoms with Crippen molar-refractivity contribution in [3.05, 3.63) is 35.0 Å². The van der Waals surface area contributed by atoms with E-state index >= 15 is 0 Å². The van der Waals surface area contributed by atoms with Gasteiger partial charge in [0.1, 0.15) is 0 Å². The molecule has 88 valence electrons. The Morgan fingerprint density at radius 2 is 2.35 bits per heavy atom. The normalized spacial score (nSPS) is 11.2. The van der Waals surface area contributed by atoms with E-state index in [1.807, 2.05) is 6.92 Å². The first kappa shape index (κ1) is 11.5. The van der Waals surface area contributed by atoms with E-state index in [4.69, 9.17) is 17.0 Å². The Morgan fingerprint density at radius 3 is 3.00 bits per heavy atom. The van der Waals surface area contributed by atoms with Crippen molar-refractivity contribution in [2.75, 3.05) is 0 Å². The highest BCUT2D eigenvalue weighted by Crippen LogP contribution is 2.22. The second-order valence-electron chi connectivity index (χ2n) is 3.53. The van der Waals surface area contributed by atoms with Crippen LogP contribution in [0.1, 0.15) is 21.6 Å². The number of aromatic amines is 1. The van der Waals surface area contributed by atoms with Gasteiger partial charge in [0, 0.05) is 22.2 Å². The van der Waals surface area contributed by atoms with Crippen LogP contribution in [0.25, 0.3) is 10.9 Å². The van der Waals surface area contributed by atoms with Crippen LogP contribution in [0.15, 0.2) is 23.4 Å². The molecule has 5 nitrogen and oxygen atoms in total. The van der Waals surface area contributed by atoms with Gasteiger partial charge in [0.2, 0.25) is 0 Å². The summed E-state index contributed by atoms with van der Waals surface area (Å²) >= 11 is 5.00. The molecule has 0 saturated heterocycles. The number of aromatic carboxylic acids is 1. The Bertz CT molecular complexity index is 604. The lowest BCUT2D eigenvalue weighted by molar-refractivity contribution is 0.0697. The molecule has 0 spiro atoms. The van der Waals surface area contributed by atoms with Crippen LogP contribution in [0.3, 0.4) is 0 Å². The van der Waals surface area contributed by atoms with E-state index in [9.17, 15) is 4.79 Å². The van der Waals surface area contributed by atoms with Gasteiger partial charge in [-0.3, -0.25) is 4.39 Å². The van der Waals surface area contributed by atoms with Gasteiger partial charge in [0.25, 0.3) is 0 Å². The molecule has 0 aliphatic rings. The Hall–Kier alpha value is -2.01. The van der Waals surface area contributed by atoms with E-state index in [2.05, 4.69) is 14.5 Å². The monoisotopic (exact) mass is 252 g/mol. The number of carboxylic acid groups (broad SMARTS) is 1. The highest BCUT2D eigenvalue weighted by atomic mass is 35.5. The summed E-state index contributed by atoms with van der Waals surface area (Å²) in [4.78, 5) is 13.9. The number of aromatic nitrogens is 1. The van der Waals surface area contributed by atoms with E-state index in [1.54, 1.807) is 12.1 Å². The summed E-state index contributed by atoms with van der Waals surface area (Å²) in [5.74, 6) is -0.960. The number of H-pyrrole nitrogens is 1. The summed E-state index contributed by atoms with van der Waals surface area (Å²) in [7, 11) is 0. The molecule has 1 heterocycles. The largest absolute Gasteiger partial charge is 0.478 e. The highest BCUT2D eigenvalue weighted by molar-refractivity contribution is 6.08. The molecule has 1 aromatic heterocycles. The lowest BCUT2D eigenvalue weighted by Crippen LogP contribution is -1.94. The summed E-state index contributed by atoms with van der Waals surface area (Å²) in [5, 5.41) is 13.2. The SMILES string of the molecule is Cc1[nH]c2cc(C(=O)O)ccc2c1C=NOCl. The summed E-state index contributed by atoms with van der Waals surface area (Å²) in [6, 6.07) is 4.83. The molecule has 0 atom stereocenters. The lowest BCUT2D eigenvalue weighted by Gasteiger charge is -1.95. The maximum absolute atomic E-state index is 10.8. The molecule has 17 heavy (non-hydrogen) atoms. The quantitative estimate of drug-likeness (QED) is 0.651. The van der Waals surface area contributed by atoms with Crippen molar-refractivity contribution >= 4 is 35.0 Å². The van der Waals surface area contributed by atoms with Gasteiger partial charge in [0.15, 0.2) is 11.9 Å². The molecule has 2 N–H and O–H groups in total. The van der Waals surface area contributed by atoms with E-state index < -0.39 is 5.97 Å². The predicted octanol–water partition coefficient (Wildman–Crippen LogP) is 2.68. The van der Waals surface area contributed by atoms with Crippen LogP contribution in [-0.2, 0) is 4.39 Å². The molecule has 0 aliphatic heterocycles. The number of benzene rings is 1. The van der Waals surface area contributed by atoms with Gasteiger partial charge in [-0.2, -0.15) is 0 Å². The molecule has 2 aromatic rings. The van der Waals surface area contributed by atoms with Crippen molar-refractivity contribution in [1.82, 2.24) is 4.98 Å². The molecular weight excluding hydrogens is 244 g/mol. The van der Waals surface area contributed by atoms with Crippen LogP contribution >= 0.6 is 11.9 Å². The number of carboxylic acids is 1. The molecule has 0 aliphatic carbocycles. The van der Waals surface area contributed by atoms with E-state index in [0.717, 1.165) is 22.2 Å². The third-order valence-electron chi connectivity index (χ3n) is 2.50. The number of rotatable bonds is 3. The Kier molecular flexibility index (Phi) is 3.01. The fraction of sp³-hybridized carbons (Fsp3) is 0.0909. The topological polar surface area (TPSA) is 74.7 Å². The van der Waals surface area contributed by atoms with Crippen LogP contribution in [0.2, 0.25) is 0 Å². The fourth-order valence-corrected chi connectivity index (χ4v) is 1.77. The second kappa shape index (κ2) is 4.47. The number of aryl methyl sites for hydroxylation is 1. The zero-order valence-corrected chi connectivity index (χ0v) is 9.65. The first-order valence-corrected chi connectivity index (χ1v) is 5.11. The number of fused-ring (bicyclic) bond motifs is 1. The van der Waals surface area contributed by atoms with Crippen molar-refractivity contribution in [2.24, 2.45) is 5.16 Å². The smallest absolute Gasteiger partial charge is 0.335 e. The lowest BCUT2D eigenvalue weighted by atomic mass is 10.1. The average molecular weight is 253 g/mol. The minimum absolute atomic E-state index is 0.232. The van der Waals surface area contributed by atoms with E-state index in [0.29, 0.717) is 0 Å². The van der Waals surface area contributed by atoms with Crippen molar-refractivity contribution in [2.45, 2.75) is 6.92 Å². The van der Waals surface area contributed by atoms with Crippen molar-refractivity contribution < 1.29 is 14.3 Å². The maximum atomic E-state index is 10.8. The minimum atomic E-state index is -0.960. The molecule has 0 radical (unpaired) electrons. The Balaban J connectivity index is 2.60. The van der Waals surface area contributed by atoms with Crippen LogP contribution in [0.4, 0.5) is 0 Å². The highest BCUT2D eigenvalue weighted by Gasteiger charge is 2.09. The third-order valence-corrected chi connectivity index (χ3v) is 2.58. The van der Waals surface area contributed by atoms with Gasteiger partial charge in [-0.25, -0.2) is 4.79 Å². The fourth-order valence-electron chi connectivity index (χ4n) is 1.73. The van der Waals surface area contributed by atoms with Crippen LogP contribution < -0.4 is 0 Å². The molecular formula is C11H9ClN2O3. The number of oxime groups is 1. The number of halogens is 1. The van der Waals surface area contributed by atoms with Crippen LogP contribution in [0, 0.1) is 6.92 Å². The van der Waals surface area contributed by atoms with Gasteiger partial charge in [0.05, 0.1) is 11.8 Å². The van der Waals surface area contributed by atoms with Gasteiger partial charge in [-0.05, 0) is 19.1 Å². The maximum Gasteiger partial charge on any atom is 0.335 e. The van der Waals surface area contributed by atoms with Gasteiger partial charge < -0.3 is 10.1 Å². The molecule has 0 unspecified atom stereocenters. The zero-order chi connectivity index (χ0) is 12.4. The number of carbonyl (C=O) groups is 1. The van der Waals surface area contributed by atoms with Crippen molar-refractivity contribution in [3.63, 3.8) is 0 Å². The number of hydrogen-bond acceptors (Lipinski definition) is 3. The molecule has 0 amide bonds. The average Bonchev–Trinajstić information content (AvgIpc) is 2.61. The minimum Gasteiger partial charge on any atom is -0.478 e. The number of nitrogens with zero attached hydrogens (tertiary/aromatic N) is 1. The van der Waals surface area contributed by atoms with Crippen molar-refractivity contribution in [1.29, 1.82) is 0 Å². The van der Waals surface area contributed by atoms with Crippen molar-refractivity contribution in [3.8, 4) is 0 Å². The predicted molar refractivity (Wildman–Crippen MR) is 64.5 cm³/mol. The third kappa shape index (κ3) is 2.09. The summed E-state index contributed by atoms with van der Waals surface area (Å²) < 4.78 is 4.11. The first-order chi connectivity index (χ1) is 8.13. The summed E-state index contributed by atoms with van der Waals surface area (Å²) in [6.45, 7) is 1.86. The Morgan fingerprint density at radius 1 is 1.59 bits per heavy atom. The van der Waals surface area contributed by atoms with Crippen LogP contribution in [-0.4, -0.2) is 22.3 Å². The molecule has 2 rings (SSSR count). The van der Waals surface area contributed by atoms with Crippen LogP contribution in [0.5, 0.6) is 0 Å².